The smallest absolute Gasteiger partial charge is 0.255 e. The Balaban J connectivity index is 1.41. The molecule has 1 saturated heterocycles. The van der Waals surface area contributed by atoms with Crippen molar-refractivity contribution in [3.63, 3.8) is 0 Å². The van der Waals surface area contributed by atoms with E-state index in [0.29, 0.717) is 5.92 Å². The first-order valence-corrected chi connectivity index (χ1v) is 9.77. The zero-order valence-electron chi connectivity index (χ0n) is 15.7. The molecule has 1 fully saturated rings. The normalized spacial score (nSPS) is 16.0. The van der Waals surface area contributed by atoms with Crippen LogP contribution in [-0.4, -0.2) is 53.9 Å². The first-order chi connectivity index (χ1) is 12.5. The van der Waals surface area contributed by atoms with E-state index in [1.807, 2.05) is 43.3 Å². The fraction of sp³-hybridized carbons (Fsp3) is 0.476. The third kappa shape index (κ3) is 4.89. The molecule has 0 atom stereocenters. The lowest BCUT2D eigenvalue weighted by Crippen LogP contribution is -2.40. The highest BCUT2D eigenvalue weighted by Crippen LogP contribution is 2.20. The van der Waals surface area contributed by atoms with Gasteiger partial charge in [0, 0.05) is 37.1 Å². The lowest BCUT2D eigenvalue weighted by atomic mass is 9.95. The van der Waals surface area contributed by atoms with E-state index in [1.165, 1.54) is 5.56 Å². The Bertz CT molecular complexity index is 717. The molecule has 1 amide bonds. The number of amides is 1. The van der Waals surface area contributed by atoms with Crippen LogP contribution in [0.4, 0.5) is 0 Å². The highest BCUT2D eigenvalue weighted by molar-refractivity contribution is 6.30. The summed E-state index contributed by atoms with van der Waals surface area (Å²) in [5.41, 5.74) is 3.07. The molecule has 1 aromatic heterocycles. The van der Waals surface area contributed by atoms with E-state index in [2.05, 4.69) is 22.0 Å². The summed E-state index contributed by atoms with van der Waals surface area (Å²) in [5, 5.41) is 0.795. The third-order valence-corrected chi connectivity index (χ3v) is 5.65. The van der Waals surface area contributed by atoms with E-state index in [0.717, 1.165) is 61.7 Å². The number of aromatic nitrogens is 1. The fourth-order valence-corrected chi connectivity index (χ4v) is 3.82. The molecule has 3 rings (SSSR count). The Labute approximate surface area is 161 Å². The summed E-state index contributed by atoms with van der Waals surface area (Å²) in [6.07, 6.45) is 5.21. The molecule has 0 unspecified atom stereocenters. The molecule has 0 aliphatic carbocycles. The minimum Gasteiger partial charge on any atom is -0.365 e. The Morgan fingerprint density at radius 1 is 1.23 bits per heavy atom. The SMILES string of the molecule is Cc1[nH]ccc1C(=O)N(C)CC1CCN(CCc2ccc(Cl)cc2)CC1. The molecule has 1 N–H and O–H groups in total. The van der Waals surface area contributed by atoms with Crippen molar-refractivity contribution in [3.8, 4) is 0 Å². The summed E-state index contributed by atoms with van der Waals surface area (Å²) < 4.78 is 0. The van der Waals surface area contributed by atoms with Gasteiger partial charge in [0.25, 0.3) is 5.91 Å². The van der Waals surface area contributed by atoms with Gasteiger partial charge in [-0.25, -0.2) is 0 Å². The van der Waals surface area contributed by atoms with E-state index in [-0.39, 0.29) is 5.91 Å². The number of hydrogen-bond donors (Lipinski definition) is 1. The van der Waals surface area contributed by atoms with Crippen molar-refractivity contribution in [2.24, 2.45) is 5.92 Å². The number of hydrogen-bond acceptors (Lipinski definition) is 2. The van der Waals surface area contributed by atoms with E-state index in [9.17, 15) is 4.79 Å². The van der Waals surface area contributed by atoms with Gasteiger partial charge in [-0.2, -0.15) is 0 Å². The van der Waals surface area contributed by atoms with Gasteiger partial charge in [-0.15, -0.1) is 0 Å². The maximum Gasteiger partial charge on any atom is 0.255 e. The van der Waals surface area contributed by atoms with Gasteiger partial charge in [-0.3, -0.25) is 4.79 Å². The van der Waals surface area contributed by atoms with Crippen LogP contribution in [0, 0.1) is 12.8 Å². The Kier molecular flexibility index (Phi) is 6.38. The van der Waals surface area contributed by atoms with Crippen LogP contribution in [0.25, 0.3) is 0 Å². The number of halogens is 1. The number of likely N-dealkylation sites (tertiary alicyclic amines) is 1. The van der Waals surface area contributed by atoms with Gasteiger partial charge >= 0.3 is 0 Å². The van der Waals surface area contributed by atoms with Crippen molar-refractivity contribution >= 4 is 17.5 Å². The molecular formula is C21H28ClN3O. The third-order valence-electron chi connectivity index (χ3n) is 5.40. The molecule has 2 heterocycles. The molecule has 0 spiro atoms. The lowest BCUT2D eigenvalue weighted by molar-refractivity contribution is 0.0740. The summed E-state index contributed by atoms with van der Waals surface area (Å²) in [6, 6.07) is 10.0. The number of aromatic amines is 1. The molecule has 0 saturated carbocycles. The zero-order chi connectivity index (χ0) is 18.5. The van der Waals surface area contributed by atoms with Gasteiger partial charge in [0.15, 0.2) is 0 Å². The molecule has 1 aliphatic rings. The van der Waals surface area contributed by atoms with Crippen LogP contribution in [-0.2, 0) is 6.42 Å². The Hall–Kier alpha value is -1.78. The maximum absolute atomic E-state index is 12.5. The first kappa shape index (κ1) is 19.0. The Morgan fingerprint density at radius 2 is 1.92 bits per heavy atom. The molecule has 1 aromatic carbocycles. The number of H-pyrrole nitrogens is 1. The largest absolute Gasteiger partial charge is 0.365 e. The fourth-order valence-electron chi connectivity index (χ4n) is 3.69. The number of piperidine rings is 1. The van der Waals surface area contributed by atoms with E-state index >= 15 is 0 Å². The Morgan fingerprint density at radius 3 is 2.54 bits per heavy atom. The highest BCUT2D eigenvalue weighted by atomic mass is 35.5. The van der Waals surface area contributed by atoms with Crippen molar-refractivity contribution in [1.29, 1.82) is 0 Å². The highest BCUT2D eigenvalue weighted by Gasteiger charge is 2.23. The predicted octanol–water partition coefficient (Wildman–Crippen LogP) is 4.00. The molecule has 0 bridgehead atoms. The molecule has 140 valence electrons. The van der Waals surface area contributed by atoms with Gasteiger partial charge in [-0.05, 0) is 69.0 Å². The second-order valence-electron chi connectivity index (χ2n) is 7.36. The van der Waals surface area contributed by atoms with Crippen molar-refractivity contribution in [2.45, 2.75) is 26.2 Å². The van der Waals surface area contributed by atoms with Gasteiger partial charge in [-0.1, -0.05) is 23.7 Å². The van der Waals surface area contributed by atoms with Gasteiger partial charge in [0.1, 0.15) is 0 Å². The van der Waals surface area contributed by atoms with Crippen molar-refractivity contribution < 1.29 is 4.79 Å². The van der Waals surface area contributed by atoms with Crippen LogP contribution in [0.2, 0.25) is 5.02 Å². The molecule has 5 heteroatoms. The summed E-state index contributed by atoms with van der Waals surface area (Å²) in [5.74, 6) is 0.712. The predicted molar refractivity (Wildman–Crippen MR) is 107 cm³/mol. The molecule has 4 nitrogen and oxygen atoms in total. The molecule has 26 heavy (non-hydrogen) atoms. The number of nitrogens with one attached hydrogen (secondary N) is 1. The molecule has 0 radical (unpaired) electrons. The van der Waals surface area contributed by atoms with E-state index in [4.69, 9.17) is 11.6 Å². The van der Waals surface area contributed by atoms with Crippen LogP contribution < -0.4 is 0 Å². The number of nitrogens with zero attached hydrogens (tertiary/aromatic N) is 2. The van der Waals surface area contributed by atoms with Crippen molar-refractivity contribution in [3.05, 3.63) is 58.4 Å². The molecular weight excluding hydrogens is 346 g/mol. The summed E-state index contributed by atoms with van der Waals surface area (Å²) in [7, 11) is 1.92. The van der Waals surface area contributed by atoms with E-state index in [1.54, 1.807) is 0 Å². The number of rotatable bonds is 6. The first-order valence-electron chi connectivity index (χ1n) is 9.39. The van der Waals surface area contributed by atoms with Gasteiger partial charge in [0.05, 0.1) is 5.56 Å². The lowest BCUT2D eigenvalue weighted by Gasteiger charge is -2.34. The van der Waals surface area contributed by atoms with Crippen LogP contribution in [0.15, 0.2) is 36.5 Å². The van der Waals surface area contributed by atoms with Crippen LogP contribution in [0.1, 0.15) is 34.5 Å². The number of aryl methyl sites for hydroxylation is 1. The summed E-state index contributed by atoms with van der Waals surface area (Å²) >= 11 is 5.94. The quantitative estimate of drug-likeness (QED) is 0.831. The number of carbonyl (C=O) groups is 1. The summed E-state index contributed by atoms with van der Waals surface area (Å²) in [4.78, 5) is 20.0. The summed E-state index contributed by atoms with van der Waals surface area (Å²) in [6.45, 7) is 6.10. The van der Waals surface area contributed by atoms with Crippen molar-refractivity contribution in [1.82, 2.24) is 14.8 Å². The van der Waals surface area contributed by atoms with Gasteiger partial charge in [0.2, 0.25) is 0 Å². The van der Waals surface area contributed by atoms with E-state index < -0.39 is 0 Å². The van der Waals surface area contributed by atoms with Gasteiger partial charge < -0.3 is 14.8 Å². The average Bonchev–Trinajstić information content (AvgIpc) is 3.07. The topological polar surface area (TPSA) is 39.3 Å². The average molecular weight is 374 g/mol. The minimum absolute atomic E-state index is 0.119. The zero-order valence-corrected chi connectivity index (χ0v) is 16.4. The molecule has 2 aromatic rings. The standard InChI is InChI=1S/C21H28ClN3O/c1-16-20(7-11-23-16)21(26)24(2)15-18-9-13-25(14-10-18)12-8-17-3-5-19(22)6-4-17/h3-7,11,18,23H,8-10,12-15H2,1-2H3. The number of carbonyl (C=O) groups excluding carboxylic acids is 1. The second kappa shape index (κ2) is 8.74. The minimum atomic E-state index is 0.119. The second-order valence-corrected chi connectivity index (χ2v) is 7.80. The number of benzene rings is 1. The monoisotopic (exact) mass is 373 g/mol. The van der Waals surface area contributed by atoms with Crippen LogP contribution in [0.3, 0.4) is 0 Å². The molecule has 1 aliphatic heterocycles. The van der Waals surface area contributed by atoms with Crippen LogP contribution >= 0.6 is 11.6 Å². The van der Waals surface area contributed by atoms with Crippen molar-refractivity contribution in [2.75, 3.05) is 33.2 Å². The maximum atomic E-state index is 12.5. The van der Waals surface area contributed by atoms with Crippen LogP contribution in [0.5, 0.6) is 0 Å².